The van der Waals surface area contributed by atoms with Crippen molar-refractivity contribution in [3.63, 3.8) is 0 Å². The number of hydrogen-bond donors (Lipinski definition) is 3. The molecule has 0 radical (unpaired) electrons. The Bertz CT molecular complexity index is 1870. The number of halogens is 7. The predicted molar refractivity (Wildman–Crippen MR) is 167 cm³/mol. The molecule has 3 amide bonds. The molecule has 8 nitrogen and oxygen atoms in total. The van der Waals surface area contributed by atoms with E-state index in [4.69, 9.17) is 9.47 Å². The summed E-state index contributed by atoms with van der Waals surface area (Å²) in [5.74, 6) is -12.4. The Morgan fingerprint density at radius 1 is 0.776 bits per heavy atom. The fraction of sp³-hybridized carbons (Fsp3) is 0.121. The van der Waals surface area contributed by atoms with Gasteiger partial charge in [-0.1, -0.05) is 24.3 Å². The van der Waals surface area contributed by atoms with Crippen LogP contribution in [0.15, 0.2) is 83.4 Å². The van der Waals surface area contributed by atoms with Gasteiger partial charge in [-0.25, -0.2) is 17.6 Å². The maximum absolute atomic E-state index is 14.1. The van der Waals surface area contributed by atoms with Gasteiger partial charge in [0.2, 0.25) is 5.91 Å². The van der Waals surface area contributed by atoms with Crippen LogP contribution >= 0.6 is 11.8 Å². The number of methoxy groups -OCH3 is 2. The first-order chi connectivity index (χ1) is 23.2. The fourth-order valence-corrected chi connectivity index (χ4v) is 4.90. The summed E-state index contributed by atoms with van der Waals surface area (Å²) in [5.41, 5.74) is -3.56. The zero-order valence-electron chi connectivity index (χ0n) is 25.3. The monoisotopic (exact) mass is 707 g/mol. The molecule has 4 aromatic carbocycles. The van der Waals surface area contributed by atoms with E-state index >= 15 is 0 Å². The predicted octanol–water partition coefficient (Wildman–Crippen LogP) is 7.42. The quantitative estimate of drug-likeness (QED) is 0.0649. The molecule has 0 saturated heterocycles. The number of rotatable bonds is 11. The zero-order valence-corrected chi connectivity index (χ0v) is 26.1. The van der Waals surface area contributed by atoms with E-state index in [1.54, 1.807) is 53.8 Å². The van der Waals surface area contributed by atoms with Crippen LogP contribution in [0.5, 0.6) is 11.5 Å². The molecule has 256 valence electrons. The maximum atomic E-state index is 14.1. The fourth-order valence-electron chi connectivity index (χ4n) is 4.20. The van der Waals surface area contributed by atoms with Gasteiger partial charge in [-0.15, -0.1) is 11.8 Å². The van der Waals surface area contributed by atoms with E-state index in [1.165, 1.54) is 44.6 Å². The lowest BCUT2D eigenvalue weighted by atomic mass is 10.1. The van der Waals surface area contributed by atoms with Gasteiger partial charge in [0.1, 0.15) is 16.9 Å². The average Bonchev–Trinajstić information content (AvgIpc) is 3.08. The minimum atomic E-state index is -5.72. The number of carbonyl (C=O) groups is 3. The first-order valence-corrected chi connectivity index (χ1v) is 14.8. The van der Waals surface area contributed by atoms with Crippen molar-refractivity contribution in [2.45, 2.75) is 11.1 Å². The Kier molecular flexibility index (Phi) is 11.6. The molecule has 49 heavy (non-hydrogen) atoms. The summed E-state index contributed by atoms with van der Waals surface area (Å²) in [7, 11) is 2.90. The minimum Gasteiger partial charge on any atom is -0.493 e. The van der Waals surface area contributed by atoms with Crippen molar-refractivity contribution < 1.29 is 54.6 Å². The van der Waals surface area contributed by atoms with E-state index in [1.807, 2.05) is 0 Å². The zero-order chi connectivity index (χ0) is 35.9. The van der Waals surface area contributed by atoms with Crippen molar-refractivity contribution in [1.29, 1.82) is 0 Å². The number of alkyl halides is 3. The topological polar surface area (TPSA) is 106 Å². The molecule has 0 atom stereocenters. The van der Waals surface area contributed by atoms with Gasteiger partial charge in [0.05, 0.1) is 20.0 Å². The van der Waals surface area contributed by atoms with E-state index in [-0.39, 0.29) is 16.9 Å². The van der Waals surface area contributed by atoms with Gasteiger partial charge in [-0.05, 0) is 60.2 Å². The molecular formula is C33H24F7N3O5S. The van der Waals surface area contributed by atoms with E-state index in [2.05, 4.69) is 10.6 Å². The van der Waals surface area contributed by atoms with Crippen LogP contribution in [-0.2, 0) is 15.8 Å². The molecule has 0 spiro atoms. The summed E-state index contributed by atoms with van der Waals surface area (Å²) in [6, 6.07) is 18.8. The van der Waals surface area contributed by atoms with Gasteiger partial charge in [-0.2, -0.15) is 13.2 Å². The van der Waals surface area contributed by atoms with Crippen LogP contribution in [0.3, 0.4) is 0 Å². The number of thioether (sulfide) groups is 1. The van der Waals surface area contributed by atoms with E-state index in [0.29, 0.717) is 22.0 Å². The van der Waals surface area contributed by atoms with Gasteiger partial charge in [0.25, 0.3) is 11.8 Å². The van der Waals surface area contributed by atoms with Gasteiger partial charge in [-0.3, -0.25) is 14.4 Å². The molecule has 0 aliphatic heterocycles. The lowest BCUT2D eigenvalue weighted by Crippen LogP contribution is -2.30. The molecule has 4 aromatic rings. The number of anilines is 2. The third-order valence-electron chi connectivity index (χ3n) is 6.54. The molecule has 0 fully saturated rings. The highest BCUT2D eigenvalue weighted by molar-refractivity contribution is 8.00. The number of amides is 3. The number of nitrogens with one attached hydrogen (secondary N) is 3. The molecule has 0 bridgehead atoms. The summed E-state index contributed by atoms with van der Waals surface area (Å²) in [4.78, 5) is 38.9. The van der Waals surface area contributed by atoms with Gasteiger partial charge in [0, 0.05) is 16.1 Å². The second-order valence-corrected chi connectivity index (χ2v) is 10.9. The Morgan fingerprint density at radius 3 is 1.96 bits per heavy atom. The Labute approximate surface area is 278 Å². The van der Waals surface area contributed by atoms with Crippen LogP contribution < -0.4 is 25.4 Å². The van der Waals surface area contributed by atoms with Gasteiger partial charge < -0.3 is 25.4 Å². The van der Waals surface area contributed by atoms with Crippen molar-refractivity contribution in [3.05, 3.63) is 118 Å². The van der Waals surface area contributed by atoms with Gasteiger partial charge in [0.15, 0.2) is 34.8 Å². The standard InChI is InChI=1S/C33H24F7N3O5S/c1-47-22-13-8-17(15-23(22)48-2)14-21(42-31(45)18-6-4-3-5-7-18)32(46)41-19-9-11-20(12-10-19)49-16-24(44)43-30-28(36)26(34)25(33(38,39)40)27(35)29(30)37/h3-15H,16H2,1-2H3,(H,41,46)(H,42,45)(H,43,44)/b21-14-. The molecular weight excluding hydrogens is 683 g/mol. The summed E-state index contributed by atoms with van der Waals surface area (Å²) < 4.78 is 105. The molecule has 0 heterocycles. The lowest BCUT2D eigenvalue weighted by molar-refractivity contribution is -0.143. The highest BCUT2D eigenvalue weighted by atomic mass is 32.2. The second kappa shape index (κ2) is 15.6. The normalized spacial score (nSPS) is 11.5. The average molecular weight is 708 g/mol. The van der Waals surface area contributed by atoms with Crippen LogP contribution in [0.2, 0.25) is 0 Å². The largest absolute Gasteiger partial charge is 0.493 e. The lowest BCUT2D eigenvalue weighted by Gasteiger charge is -2.14. The maximum Gasteiger partial charge on any atom is 0.422 e. The molecule has 4 rings (SSSR count). The number of ether oxygens (including phenoxy) is 2. The number of carbonyl (C=O) groups excluding carboxylic acids is 3. The summed E-state index contributed by atoms with van der Waals surface area (Å²) in [6.45, 7) is 0. The Hall–Kier alpha value is -5.51. The van der Waals surface area contributed by atoms with Crippen molar-refractivity contribution in [2.75, 3.05) is 30.6 Å². The SMILES string of the molecule is COc1ccc(/C=C(\NC(=O)c2ccccc2)C(=O)Nc2ccc(SCC(=O)Nc3c(F)c(F)c(C(F)(F)F)c(F)c3F)cc2)cc1OC. The smallest absolute Gasteiger partial charge is 0.422 e. The molecule has 0 saturated carbocycles. The van der Waals surface area contributed by atoms with E-state index in [0.717, 1.165) is 11.8 Å². The minimum absolute atomic E-state index is 0.133. The molecule has 0 aliphatic carbocycles. The molecule has 16 heteroatoms. The van der Waals surface area contributed by atoms with Crippen molar-refractivity contribution in [2.24, 2.45) is 0 Å². The molecule has 3 N–H and O–H groups in total. The van der Waals surface area contributed by atoms with Crippen LogP contribution in [-0.4, -0.2) is 37.7 Å². The third kappa shape index (κ3) is 8.90. The third-order valence-corrected chi connectivity index (χ3v) is 7.55. The summed E-state index contributed by atoms with van der Waals surface area (Å²) >= 11 is 0.796. The summed E-state index contributed by atoms with van der Waals surface area (Å²) in [6.07, 6.45) is -4.31. The Morgan fingerprint density at radius 2 is 1.39 bits per heavy atom. The Balaban J connectivity index is 1.46. The number of benzene rings is 4. The van der Waals surface area contributed by atoms with Crippen molar-refractivity contribution >= 4 is 46.9 Å². The van der Waals surface area contributed by atoms with Crippen LogP contribution in [0, 0.1) is 23.3 Å². The first-order valence-electron chi connectivity index (χ1n) is 13.8. The van der Waals surface area contributed by atoms with Crippen LogP contribution in [0.25, 0.3) is 6.08 Å². The van der Waals surface area contributed by atoms with Gasteiger partial charge >= 0.3 is 6.18 Å². The molecule has 0 aliphatic rings. The number of hydrogen-bond acceptors (Lipinski definition) is 6. The van der Waals surface area contributed by atoms with E-state index < -0.39 is 64.2 Å². The second-order valence-electron chi connectivity index (χ2n) is 9.81. The van der Waals surface area contributed by atoms with E-state index in [9.17, 15) is 45.1 Å². The van der Waals surface area contributed by atoms with Crippen LogP contribution in [0.4, 0.5) is 42.1 Å². The van der Waals surface area contributed by atoms with Crippen molar-refractivity contribution in [3.8, 4) is 11.5 Å². The molecule has 0 unspecified atom stereocenters. The van der Waals surface area contributed by atoms with Crippen LogP contribution in [0.1, 0.15) is 21.5 Å². The highest BCUT2D eigenvalue weighted by Gasteiger charge is 2.42. The first kappa shape index (κ1) is 36.3. The molecule has 0 aromatic heterocycles. The summed E-state index contributed by atoms with van der Waals surface area (Å²) in [5, 5.41) is 6.77. The highest BCUT2D eigenvalue weighted by Crippen LogP contribution is 2.38. The van der Waals surface area contributed by atoms with Crippen molar-refractivity contribution in [1.82, 2.24) is 5.32 Å².